The Hall–Kier alpha value is -2.54. The Bertz CT molecular complexity index is 801. The van der Waals surface area contributed by atoms with E-state index in [1.165, 1.54) is 11.3 Å². The highest BCUT2D eigenvalue weighted by Crippen LogP contribution is 2.40. The molecule has 1 aromatic carbocycles. The molecule has 7 heteroatoms. The first-order valence-electron chi connectivity index (χ1n) is 7.52. The number of nitrogens with zero attached hydrogens (tertiary/aromatic N) is 2. The van der Waals surface area contributed by atoms with Gasteiger partial charge in [0.1, 0.15) is 27.5 Å². The van der Waals surface area contributed by atoms with Gasteiger partial charge in [-0.2, -0.15) is 0 Å². The molecule has 2 heterocycles. The number of ether oxygens (including phenoxy) is 2. The van der Waals surface area contributed by atoms with Crippen LogP contribution in [0.5, 0.6) is 11.5 Å². The molecular weight excluding hydrogens is 328 g/mol. The van der Waals surface area contributed by atoms with Crippen molar-refractivity contribution >= 4 is 32.6 Å². The van der Waals surface area contributed by atoms with Crippen molar-refractivity contribution in [2.24, 2.45) is 0 Å². The topological polar surface area (TPSA) is 64.8 Å². The fourth-order valence-corrected chi connectivity index (χ4v) is 3.49. The Balaban J connectivity index is 2.08. The average Bonchev–Trinajstić information content (AvgIpc) is 3.27. The summed E-state index contributed by atoms with van der Waals surface area (Å²) in [5, 5.41) is 0.594. The Morgan fingerprint density at radius 1 is 1.25 bits per heavy atom. The molecule has 6 nitrogen and oxygen atoms in total. The Kier molecular flexibility index (Phi) is 4.71. The molecule has 126 valence electrons. The number of aromatic nitrogens is 1. The lowest BCUT2D eigenvalue weighted by atomic mass is 10.3. The van der Waals surface area contributed by atoms with Crippen LogP contribution in [0.1, 0.15) is 19.1 Å². The van der Waals surface area contributed by atoms with E-state index in [9.17, 15) is 4.79 Å². The van der Waals surface area contributed by atoms with E-state index in [4.69, 9.17) is 13.9 Å². The molecule has 2 aromatic heterocycles. The lowest BCUT2D eigenvalue weighted by Crippen LogP contribution is -2.29. The normalized spacial score (nSPS) is 10.8. The lowest BCUT2D eigenvalue weighted by molar-refractivity contribution is -0.118. The van der Waals surface area contributed by atoms with Crippen molar-refractivity contribution in [2.45, 2.75) is 19.9 Å². The number of hydrogen-bond acceptors (Lipinski definition) is 6. The Labute approximate surface area is 143 Å². The zero-order chi connectivity index (χ0) is 17.1. The number of furan rings is 1. The summed E-state index contributed by atoms with van der Waals surface area (Å²) in [4.78, 5) is 18.7. The Morgan fingerprint density at radius 3 is 2.62 bits per heavy atom. The van der Waals surface area contributed by atoms with Crippen LogP contribution in [-0.4, -0.2) is 25.1 Å². The molecule has 0 atom stereocenters. The molecule has 3 aromatic rings. The van der Waals surface area contributed by atoms with Crippen molar-refractivity contribution in [3.8, 4) is 11.5 Å². The number of rotatable bonds is 6. The molecule has 0 N–H and O–H groups in total. The summed E-state index contributed by atoms with van der Waals surface area (Å²) >= 11 is 1.40. The van der Waals surface area contributed by atoms with E-state index in [1.807, 2.05) is 25.1 Å². The minimum atomic E-state index is -0.0246. The quantitative estimate of drug-likeness (QED) is 0.678. The molecule has 0 fully saturated rings. The van der Waals surface area contributed by atoms with E-state index >= 15 is 0 Å². The summed E-state index contributed by atoms with van der Waals surface area (Å²) in [5.41, 5.74) is 0.685. The van der Waals surface area contributed by atoms with Crippen molar-refractivity contribution in [3.63, 3.8) is 0 Å². The number of benzene rings is 1. The van der Waals surface area contributed by atoms with Crippen LogP contribution in [0.4, 0.5) is 5.13 Å². The van der Waals surface area contributed by atoms with E-state index in [1.54, 1.807) is 31.4 Å². The maximum absolute atomic E-state index is 12.4. The fraction of sp³-hybridized carbons (Fsp3) is 0.294. The predicted octanol–water partition coefficient (Wildman–Crippen LogP) is 3.85. The smallest absolute Gasteiger partial charge is 0.228 e. The molecule has 0 aliphatic carbocycles. The minimum absolute atomic E-state index is 0.0246. The van der Waals surface area contributed by atoms with Gasteiger partial charge in [-0.15, -0.1) is 0 Å². The van der Waals surface area contributed by atoms with E-state index in [0.29, 0.717) is 40.9 Å². The van der Waals surface area contributed by atoms with Crippen molar-refractivity contribution in [1.29, 1.82) is 0 Å². The molecule has 0 saturated heterocycles. The van der Waals surface area contributed by atoms with E-state index in [-0.39, 0.29) is 5.91 Å². The van der Waals surface area contributed by atoms with Gasteiger partial charge in [-0.1, -0.05) is 18.3 Å². The SMILES string of the molecule is CCC(=O)N(Cc1ccco1)c1nc2c(OC)ccc(OC)c2s1. The molecule has 0 unspecified atom stereocenters. The van der Waals surface area contributed by atoms with Crippen molar-refractivity contribution in [2.75, 3.05) is 19.1 Å². The number of amides is 1. The highest BCUT2D eigenvalue weighted by atomic mass is 32.1. The van der Waals surface area contributed by atoms with Gasteiger partial charge in [0.2, 0.25) is 5.91 Å². The first-order valence-corrected chi connectivity index (χ1v) is 8.33. The highest BCUT2D eigenvalue weighted by molar-refractivity contribution is 7.22. The zero-order valence-electron chi connectivity index (χ0n) is 13.7. The third-order valence-electron chi connectivity index (χ3n) is 3.63. The van der Waals surface area contributed by atoms with Crippen LogP contribution in [0.15, 0.2) is 34.9 Å². The molecule has 0 bridgehead atoms. The maximum atomic E-state index is 12.4. The van der Waals surface area contributed by atoms with Gasteiger partial charge in [0.15, 0.2) is 5.13 Å². The number of anilines is 1. The number of carbonyl (C=O) groups is 1. The molecule has 24 heavy (non-hydrogen) atoms. The van der Waals surface area contributed by atoms with Gasteiger partial charge in [-0.05, 0) is 24.3 Å². The van der Waals surface area contributed by atoms with Crippen molar-refractivity contribution in [3.05, 3.63) is 36.3 Å². The molecule has 0 spiro atoms. The third kappa shape index (κ3) is 2.94. The second kappa shape index (κ2) is 6.92. The molecule has 0 radical (unpaired) electrons. The summed E-state index contributed by atoms with van der Waals surface area (Å²) < 4.78 is 17.0. The molecular formula is C17H18N2O4S. The summed E-state index contributed by atoms with van der Waals surface area (Å²) in [6.45, 7) is 2.16. The van der Waals surface area contributed by atoms with Gasteiger partial charge >= 0.3 is 0 Å². The number of thiazole rings is 1. The van der Waals surface area contributed by atoms with Crippen LogP contribution < -0.4 is 14.4 Å². The fourth-order valence-electron chi connectivity index (χ4n) is 2.40. The maximum Gasteiger partial charge on any atom is 0.228 e. The van der Waals surface area contributed by atoms with Gasteiger partial charge in [0.25, 0.3) is 0 Å². The van der Waals surface area contributed by atoms with Crippen LogP contribution in [0.25, 0.3) is 10.2 Å². The predicted molar refractivity (Wildman–Crippen MR) is 92.9 cm³/mol. The summed E-state index contributed by atoms with van der Waals surface area (Å²) in [7, 11) is 3.20. The average molecular weight is 346 g/mol. The van der Waals surface area contributed by atoms with Gasteiger partial charge in [-0.3, -0.25) is 9.69 Å². The summed E-state index contributed by atoms with van der Waals surface area (Å²) in [6, 6.07) is 7.28. The highest BCUT2D eigenvalue weighted by Gasteiger charge is 2.22. The van der Waals surface area contributed by atoms with Crippen LogP contribution >= 0.6 is 11.3 Å². The lowest BCUT2D eigenvalue weighted by Gasteiger charge is -2.17. The first-order chi connectivity index (χ1) is 11.7. The van der Waals surface area contributed by atoms with Gasteiger partial charge in [0.05, 0.1) is 27.0 Å². The minimum Gasteiger partial charge on any atom is -0.495 e. The Morgan fingerprint density at radius 2 is 2.00 bits per heavy atom. The second-order valence-electron chi connectivity index (χ2n) is 5.06. The summed E-state index contributed by atoms with van der Waals surface area (Å²) in [6.07, 6.45) is 1.97. The largest absolute Gasteiger partial charge is 0.495 e. The van der Waals surface area contributed by atoms with Crippen LogP contribution in [-0.2, 0) is 11.3 Å². The molecule has 0 aliphatic rings. The second-order valence-corrected chi connectivity index (χ2v) is 6.03. The number of fused-ring (bicyclic) bond motifs is 1. The monoisotopic (exact) mass is 346 g/mol. The van der Waals surface area contributed by atoms with E-state index < -0.39 is 0 Å². The van der Waals surface area contributed by atoms with Gasteiger partial charge in [0, 0.05) is 6.42 Å². The van der Waals surface area contributed by atoms with Crippen molar-refractivity contribution in [1.82, 2.24) is 4.98 Å². The van der Waals surface area contributed by atoms with Crippen LogP contribution in [0.2, 0.25) is 0 Å². The number of hydrogen-bond donors (Lipinski definition) is 0. The van der Waals surface area contributed by atoms with Crippen LogP contribution in [0.3, 0.4) is 0 Å². The molecule has 0 saturated carbocycles. The van der Waals surface area contributed by atoms with E-state index in [2.05, 4.69) is 4.98 Å². The molecule has 0 aliphatic heterocycles. The standard InChI is InChI=1S/C17H18N2O4S/c1-4-14(20)19(10-11-6-5-9-23-11)17-18-15-12(21-2)7-8-13(22-3)16(15)24-17/h5-9H,4,10H2,1-3H3. The number of carbonyl (C=O) groups excluding carboxylic acids is 1. The van der Waals surface area contributed by atoms with Crippen LogP contribution in [0, 0.1) is 0 Å². The molecule has 3 rings (SSSR count). The molecule has 1 amide bonds. The van der Waals surface area contributed by atoms with E-state index in [0.717, 1.165) is 4.70 Å². The van der Waals surface area contributed by atoms with Gasteiger partial charge < -0.3 is 13.9 Å². The van der Waals surface area contributed by atoms with Gasteiger partial charge in [-0.25, -0.2) is 4.98 Å². The summed E-state index contributed by atoms with van der Waals surface area (Å²) in [5.74, 6) is 2.03. The first kappa shape index (κ1) is 16.3. The van der Waals surface area contributed by atoms with Crippen molar-refractivity contribution < 1.29 is 18.7 Å². The number of methoxy groups -OCH3 is 2. The third-order valence-corrected chi connectivity index (χ3v) is 4.72. The zero-order valence-corrected chi connectivity index (χ0v) is 14.6.